The van der Waals surface area contributed by atoms with E-state index in [1.165, 1.54) is 0 Å². The van der Waals surface area contributed by atoms with Crippen molar-refractivity contribution in [3.05, 3.63) is 36.4 Å². The van der Waals surface area contributed by atoms with Crippen molar-refractivity contribution in [1.29, 1.82) is 0 Å². The van der Waals surface area contributed by atoms with Crippen LogP contribution in [-0.4, -0.2) is 38.7 Å². The zero-order valence-electron chi connectivity index (χ0n) is 13.7. The molecule has 6 nitrogen and oxygen atoms in total. The van der Waals surface area contributed by atoms with Crippen molar-refractivity contribution < 1.29 is 9.21 Å². The number of likely N-dealkylation sites (tertiary alicyclic amines) is 1. The number of nitrogens with zero attached hydrogens (tertiary/aromatic N) is 4. The first-order valence-corrected chi connectivity index (χ1v) is 8.44. The molecular weight excluding hydrogens is 304 g/mol. The number of carbonyl (C=O) groups excluding carboxylic acids is 1. The van der Waals surface area contributed by atoms with E-state index >= 15 is 0 Å². The number of amides is 1. The maximum atomic E-state index is 12.5. The fourth-order valence-electron chi connectivity index (χ4n) is 3.27. The number of carbonyl (C=O) groups is 1. The first kappa shape index (κ1) is 14.9. The van der Waals surface area contributed by atoms with Crippen molar-refractivity contribution in [1.82, 2.24) is 19.7 Å². The SMILES string of the molecule is CCc1nnc(-c2cn(CC(=O)N3CCCC3)c3ccccc23)o1. The predicted molar refractivity (Wildman–Crippen MR) is 90.4 cm³/mol. The molecule has 0 bridgehead atoms. The monoisotopic (exact) mass is 324 g/mol. The second-order valence-electron chi connectivity index (χ2n) is 6.13. The molecule has 124 valence electrons. The largest absolute Gasteiger partial charge is 0.421 e. The van der Waals surface area contributed by atoms with Gasteiger partial charge in [0.1, 0.15) is 6.54 Å². The lowest BCUT2D eigenvalue weighted by Crippen LogP contribution is -2.30. The third-order valence-corrected chi connectivity index (χ3v) is 4.55. The summed E-state index contributed by atoms with van der Waals surface area (Å²) in [6.07, 6.45) is 4.86. The van der Waals surface area contributed by atoms with Crippen LogP contribution in [0, 0.1) is 0 Å². The van der Waals surface area contributed by atoms with E-state index in [0.29, 0.717) is 24.7 Å². The van der Waals surface area contributed by atoms with E-state index in [2.05, 4.69) is 10.2 Å². The molecular formula is C18H20N4O2. The Morgan fingerprint density at radius 2 is 2.00 bits per heavy atom. The van der Waals surface area contributed by atoms with Gasteiger partial charge in [-0.1, -0.05) is 25.1 Å². The predicted octanol–water partition coefficient (Wildman–Crippen LogP) is 2.88. The fraction of sp³-hybridized carbons (Fsp3) is 0.389. The van der Waals surface area contributed by atoms with Crippen molar-refractivity contribution in [3.8, 4) is 11.5 Å². The molecule has 0 N–H and O–H groups in total. The summed E-state index contributed by atoms with van der Waals surface area (Å²) in [6.45, 7) is 4.06. The lowest BCUT2D eigenvalue weighted by molar-refractivity contribution is -0.130. The molecule has 1 amide bonds. The molecule has 1 aliphatic rings. The highest BCUT2D eigenvalue weighted by Crippen LogP contribution is 2.30. The second-order valence-corrected chi connectivity index (χ2v) is 6.13. The highest BCUT2D eigenvalue weighted by Gasteiger charge is 2.21. The highest BCUT2D eigenvalue weighted by atomic mass is 16.4. The Hall–Kier alpha value is -2.63. The molecule has 1 fully saturated rings. The molecule has 0 atom stereocenters. The Morgan fingerprint density at radius 3 is 2.75 bits per heavy atom. The van der Waals surface area contributed by atoms with E-state index in [4.69, 9.17) is 4.42 Å². The van der Waals surface area contributed by atoms with Gasteiger partial charge in [0.05, 0.1) is 5.56 Å². The minimum atomic E-state index is 0.166. The van der Waals surface area contributed by atoms with Gasteiger partial charge in [0.15, 0.2) is 0 Å². The molecule has 0 radical (unpaired) electrons. The van der Waals surface area contributed by atoms with Crippen molar-refractivity contribution in [2.24, 2.45) is 0 Å². The van der Waals surface area contributed by atoms with Crippen LogP contribution in [0.4, 0.5) is 0 Å². The number of hydrogen-bond donors (Lipinski definition) is 0. The van der Waals surface area contributed by atoms with E-state index < -0.39 is 0 Å². The highest BCUT2D eigenvalue weighted by molar-refractivity contribution is 5.94. The summed E-state index contributed by atoms with van der Waals surface area (Å²) in [7, 11) is 0. The number of benzene rings is 1. The summed E-state index contributed by atoms with van der Waals surface area (Å²) in [6, 6.07) is 8.01. The van der Waals surface area contributed by atoms with Gasteiger partial charge in [-0.25, -0.2) is 0 Å². The summed E-state index contributed by atoms with van der Waals surface area (Å²) in [5.74, 6) is 1.30. The average molecular weight is 324 g/mol. The van der Waals surface area contributed by atoms with E-state index in [1.807, 2.05) is 46.9 Å². The summed E-state index contributed by atoms with van der Waals surface area (Å²) in [5.41, 5.74) is 1.89. The summed E-state index contributed by atoms with van der Waals surface area (Å²) in [4.78, 5) is 14.4. The number of fused-ring (bicyclic) bond motifs is 1. The number of rotatable bonds is 4. The molecule has 1 saturated heterocycles. The van der Waals surface area contributed by atoms with E-state index in [0.717, 1.165) is 42.4 Å². The Balaban J connectivity index is 1.72. The van der Waals surface area contributed by atoms with E-state index in [9.17, 15) is 4.79 Å². The van der Waals surface area contributed by atoms with Crippen molar-refractivity contribution in [3.63, 3.8) is 0 Å². The first-order chi connectivity index (χ1) is 11.8. The molecule has 0 aliphatic carbocycles. The maximum absolute atomic E-state index is 12.5. The molecule has 0 unspecified atom stereocenters. The average Bonchev–Trinajstić information content (AvgIpc) is 3.34. The normalized spacial score (nSPS) is 14.6. The van der Waals surface area contributed by atoms with Crippen LogP contribution in [-0.2, 0) is 17.8 Å². The Morgan fingerprint density at radius 1 is 1.21 bits per heavy atom. The van der Waals surface area contributed by atoms with Crippen LogP contribution < -0.4 is 0 Å². The molecule has 3 heterocycles. The Labute approximate surface area is 140 Å². The van der Waals surface area contributed by atoms with Gasteiger partial charge in [-0.3, -0.25) is 4.79 Å². The molecule has 0 saturated carbocycles. The van der Waals surface area contributed by atoms with Gasteiger partial charge in [-0.05, 0) is 18.9 Å². The van der Waals surface area contributed by atoms with Gasteiger partial charge in [-0.2, -0.15) is 0 Å². The second kappa shape index (κ2) is 6.11. The van der Waals surface area contributed by atoms with Crippen LogP contribution >= 0.6 is 0 Å². The smallest absolute Gasteiger partial charge is 0.249 e. The molecule has 6 heteroatoms. The van der Waals surface area contributed by atoms with Crippen LogP contribution in [0.2, 0.25) is 0 Å². The van der Waals surface area contributed by atoms with Crippen LogP contribution in [0.3, 0.4) is 0 Å². The summed E-state index contributed by atoms with van der Waals surface area (Å²) >= 11 is 0. The van der Waals surface area contributed by atoms with Crippen LogP contribution in [0.5, 0.6) is 0 Å². The van der Waals surface area contributed by atoms with E-state index in [-0.39, 0.29) is 5.91 Å². The third kappa shape index (κ3) is 2.58. The van der Waals surface area contributed by atoms with E-state index in [1.54, 1.807) is 0 Å². The van der Waals surface area contributed by atoms with Gasteiger partial charge < -0.3 is 13.9 Å². The van der Waals surface area contributed by atoms with Crippen LogP contribution in [0.15, 0.2) is 34.9 Å². The van der Waals surface area contributed by atoms with Crippen LogP contribution in [0.25, 0.3) is 22.4 Å². The molecule has 0 spiro atoms. The number of aryl methyl sites for hydroxylation is 1. The summed E-state index contributed by atoms with van der Waals surface area (Å²) in [5, 5.41) is 9.23. The Kier molecular flexibility index (Phi) is 3.80. The van der Waals surface area contributed by atoms with Crippen LogP contribution in [0.1, 0.15) is 25.7 Å². The number of hydrogen-bond acceptors (Lipinski definition) is 4. The van der Waals surface area contributed by atoms with Gasteiger partial charge in [0.2, 0.25) is 17.7 Å². The van der Waals surface area contributed by atoms with Crippen molar-refractivity contribution in [2.45, 2.75) is 32.7 Å². The zero-order chi connectivity index (χ0) is 16.5. The zero-order valence-corrected chi connectivity index (χ0v) is 13.7. The lowest BCUT2D eigenvalue weighted by atomic mass is 10.2. The molecule has 24 heavy (non-hydrogen) atoms. The fourth-order valence-corrected chi connectivity index (χ4v) is 3.27. The molecule has 4 rings (SSSR count). The Bertz CT molecular complexity index is 874. The molecule has 2 aromatic heterocycles. The number of aromatic nitrogens is 3. The third-order valence-electron chi connectivity index (χ3n) is 4.55. The number of para-hydroxylation sites is 1. The lowest BCUT2D eigenvalue weighted by Gasteiger charge is -2.15. The van der Waals surface area contributed by atoms with Gasteiger partial charge in [0, 0.05) is 36.6 Å². The minimum absolute atomic E-state index is 0.166. The van der Waals surface area contributed by atoms with Crippen molar-refractivity contribution >= 4 is 16.8 Å². The topological polar surface area (TPSA) is 64.2 Å². The van der Waals surface area contributed by atoms with Crippen molar-refractivity contribution in [2.75, 3.05) is 13.1 Å². The molecule has 1 aromatic carbocycles. The molecule has 3 aromatic rings. The van der Waals surface area contributed by atoms with Gasteiger partial charge in [-0.15, -0.1) is 10.2 Å². The quantitative estimate of drug-likeness (QED) is 0.740. The molecule has 1 aliphatic heterocycles. The minimum Gasteiger partial charge on any atom is -0.421 e. The first-order valence-electron chi connectivity index (χ1n) is 8.44. The van der Waals surface area contributed by atoms with Gasteiger partial charge >= 0.3 is 0 Å². The maximum Gasteiger partial charge on any atom is 0.249 e. The summed E-state index contributed by atoms with van der Waals surface area (Å²) < 4.78 is 7.70. The van der Waals surface area contributed by atoms with Gasteiger partial charge in [0.25, 0.3) is 0 Å². The standard InChI is InChI=1S/C18H20N4O2/c1-2-16-19-20-18(24-16)14-11-22(15-8-4-3-7-13(14)15)12-17(23)21-9-5-6-10-21/h3-4,7-8,11H,2,5-6,9-10,12H2,1H3.